The lowest BCUT2D eigenvalue weighted by atomic mass is 10.1. The number of benzene rings is 2. The van der Waals surface area contributed by atoms with E-state index in [1.807, 2.05) is 27.7 Å². The van der Waals surface area contributed by atoms with Gasteiger partial charge in [0.1, 0.15) is 11.8 Å². The Morgan fingerprint density at radius 2 is 1.66 bits per heavy atom. The Kier molecular flexibility index (Phi) is 11.3. The highest BCUT2D eigenvalue weighted by Gasteiger charge is 2.30. The Balaban J connectivity index is 2.28. The zero-order valence-electron chi connectivity index (χ0n) is 22.8. The molecule has 0 spiro atoms. The lowest BCUT2D eigenvalue weighted by Crippen LogP contribution is -2.52. The van der Waals surface area contributed by atoms with Gasteiger partial charge in [-0.2, -0.15) is 0 Å². The Bertz CT molecular complexity index is 1210. The molecule has 38 heavy (non-hydrogen) atoms. The molecule has 0 aromatic heterocycles. The zero-order chi connectivity index (χ0) is 28.7. The highest BCUT2D eigenvalue weighted by molar-refractivity contribution is 7.92. The average Bonchev–Trinajstić information content (AvgIpc) is 2.80. The lowest BCUT2D eigenvalue weighted by molar-refractivity contribution is -0.141. The predicted octanol–water partition coefficient (Wildman–Crippen LogP) is 5.27. The van der Waals surface area contributed by atoms with Crippen LogP contribution in [0.3, 0.4) is 0 Å². The molecule has 1 N–H and O–H groups in total. The Hall–Kier alpha value is -2.49. The van der Waals surface area contributed by atoms with Crippen LogP contribution in [0.4, 0.5) is 5.69 Å². The lowest BCUT2D eigenvalue weighted by Gasteiger charge is -2.32. The molecule has 0 bridgehead atoms. The van der Waals surface area contributed by atoms with E-state index in [0.717, 1.165) is 6.26 Å². The molecule has 8 nitrogen and oxygen atoms in total. The minimum atomic E-state index is -3.66. The van der Waals surface area contributed by atoms with Gasteiger partial charge in [-0.25, -0.2) is 8.42 Å². The van der Waals surface area contributed by atoms with Crippen molar-refractivity contribution < 1.29 is 22.7 Å². The third kappa shape index (κ3) is 9.06. The Labute approximate surface area is 236 Å². The molecule has 2 aromatic rings. The van der Waals surface area contributed by atoms with Crippen LogP contribution in [-0.2, 0) is 26.2 Å². The van der Waals surface area contributed by atoms with Crippen molar-refractivity contribution in [3.8, 4) is 5.75 Å². The SMILES string of the molecule is CCOc1ccccc1N(CCCC(=O)N(Cc1c(Cl)cccc1Cl)[C@H](C)C(=O)NC(C)(C)C)S(C)(=O)=O. The van der Waals surface area contributed by atoms with Gasteiger partial charge >= 0.3 is 0 Å². The second-order valence-electron chi connectivity index (χ2n) is 9.98. The highest BCUT2D eigenvalue weighted by atomic mass is 35.5. The summed E-state index contributed by atoms with van der Waals surface area (Å²) in [7, 11) is -3.66. The van der Waals surface area contributed by atoms with Crippen molar-refractivity contribution in [3.05, 3.63) is 58.1 Å². The summed E-state index contributed by atoms with van der Waals surface area (Å²) in [6.45, 7) is 9.48. The first-order valence-electron chi connectivity index (χ1n) is 12.4. The summed E-state index contributed by atoms with van der Waals surface area (Å²) in [6, 6.07) is 11.1. The fourth-order valence-electron chi connectivity index (χ4n) is 3.83. The van der Waals surface area contributed by atoms with E-state index in [-0.39, 0.29) is 37.7 Å². The maximum absolute atomic E-state index is 13.5. The topological polar surface area (TPSA) is 96.0 Å². The summed E-state index contributed by atoms with van der Waals surface area (Å²) in [5.74, 6) is -0.212. The molecule has 0 aliphatic rings. The van der Waals surface area contributed by atoms with Gasteiger partial charge in [0.25, 0.3) is 0 Å². The summed E-state index contributed by atoms with van der Waals surface area (Å²) < 4.78 is 32.1. The van der Waals surface area contributed by atoms with Crippen LogP contribution in [0.15, 0.2) is 42.5 Å². The first-order chi connectivity index (χ1) is 17.7. The van der Waals surface area contributed by atoms with Crippen LogP contribution < -0.4 is 14.4 Å². The molecule has 0 heterocycles. The van der Waals surface area contributed by atoms with Crippen LogP contribution in [-0.4, -0.2) is 56.1 Å². The van der Waals surface area contributed by atoms with Gasteiger partial charge in [-0.3, -0.25) is 13.9 Å². The van der Waals surface area contributed by atoms with E-state index < -0.39 is 21.6 Å². The summed E-state index contributed by atoms with van der Waals surface area (Å²) >= 11 is 12.7. The van der Waals surface area contributed by atoms with Crippen molar-refractivity contribution in [2.75, 3.05) is 23.7 Å². The maximum atomic E-state index is 13.5. The minimum absolute atomic E-state index is 0.00195. The minimum Gasteiger partial charge on any atom is -0.492 e. The van der Waals surface area contributed by atoms with E-state index >= 15 is 0 Å². The number of para-hydroxylation sites is 2. The first kappa shape index (κ1) is 31.7. The number of hydrogen-bond acceptors (Lipinski definition) is 5. The molecular weight excluding hydrogens is 549 g/mol. The second kappa shape index (κ2) is 13.5. The van der Waals surface area contributed by atoms with Gasteiger partial charge in [0, 0.05) is 40.7 Å². The maximum Gasteiger partial charge on any atom is 0.242 e. The molecular formula is C27H37Cl2N3O5S. The van der Waals surface area contributed by atoms with Crippen LogP contribution in [0.25, 0.3) is 0 Å². The normalized spacial score (nSPS) is 12.5. The number of rotatable bonds is 12. The smallest absolute Gasteiger partial charge is 0.242 e. The van der Waals surface area contributed by atoms with E-state index in [4.69, 9.17) is 27.9 Å². The predicted molar refractivity (Wildman–Crippen MR) is 153 cm³/mol. The molecule has 0 aliphatic carbocycles. The van der Waals surface area contributed by atoms with E-state index in [9.17, 15) is 18.0 Å². The van der Waals surface area contributed by atoms with Crippen molar-refractivity contribution in [2.45, 2.75) is 65.6 Å². The van der Waals surface area contributed by atoms with Crippen molar-refractivity contribution in [1.29, 1.82) is 0 Å². The number of nitrogens with zero attached hydrogens (tertiary/aromatic N) is 2. The van der Waals surface area contributed by atoms with Gasteiger partial charge in [-0.1, -0.05) is 41.4 Å². The molecule has 210 valence electrons. The average molecular weight is 587 g/mol. The number of halogens is 2. The van der Waals surface area contributed by atoms with Crippen LogP contribution in [0, 0.1) is 0 Å². The zero-order valence-corrected chi connectivity index (χ0v) is 25.1. The van der Waals surface area contributed by atoms with Crippen LogP contribution in [0.1, 0.15) is 53.0 Å². The van der Waals surface area contributed by atoms with Gasteiger partial charge in [0.15, 0.2) is 0 Å². The third-order valence-electron chi connectivity index (χ3n) is 5.64. The van der Waals surface area contributed by atoms with E-state index in [0.29, 0.717) is 33.7 Å². The Morgan fingerprint density at radius 3 is 2.21 bits per heavy atom. The molecule has 0 radical (unpaired) electrons. The van der Waals surface area contributed by atoms with Crippen molar-refractivity contribution in [2.24, 2.45) is 0 Å². The first-order valence-corrected chi connectivity index (χ1v) is 15.0. The standard InChI is InChI=1S/C27H37Cl2N3O5S/c1-7-37-24-15-9-8-14-23(24)32(38(6,35)36)17-11-16-25(33)31(19(2)26(34)30-27(3,4)5)18-20-21(28)12-10-13-22(20)29/h8-10,12-15,19H,7,11,16-18H2,1-6H3,(H,30,34)/t19-/m1/s1. The van der Waals surface area contributed by atoms with Crippen molar-refractivity contribution in [1.82, 2.24) is 10.2 Å². The fourth-order valence-corrected chi connectivity index (χ4v) is 5.32. The van der Waals surface area contributed by atoms with Gasteiger partial charge in [-0.05, 0) is 65.3 Å². The van der Waals surface area contributed by atoms with Crippen LogP contribution >= 0.6 is 23.2 Å². The van der Waals surface area contributed by atoms with Crippen LogP contribution in [0.2, 0.25) is 10.0 Å². The molecule has 0 saturated carbocycles. The van der Waals surface area contributed by atoms with Crippen molar-refractivity contribution in [3.63, 3.8) is 0 Å². The molecule has 0 saturated heterocycles. The summed E-state index contributed by atoms with van der Waals surface area (Å²) in [5.41, 5.74) is 0.441. The molecule has 0 aliphatic heterocycles. The number of amides is 2. The molecule has 2 aromatic carbocycles. The number of anilines is 1. The molecule has 0 fully saturated rings. The Morgan fingerprint density at radius 1 is 1.05 bits per heavy atom. The van der Waals surface area contributed by atoms with Gasteiger partial charge in [0.2, 0.25) is 21.8 Å². The molecule has 11 heteroatoms. The molecule has 2 rings (SSSR count). The number of carbonyl (C=O) groups is 2. The van der Waals surface area contributed by atoms with Gasteiger partial charge in [-0.15, -0.1) is 0 Å². The van der Waals surface area contributed by atoms with E-state index in [1.54, 1.807) is 49.4 Å². The van der Waals surface area contributed by atoms with E-state index in [1.165, 1.54) is 9.21 Å². The molecule has 1 atom stereocenters. The monoisotopic (exact) mass is 585 g/mol. The number of hydrogen-bond donors (Lipinski definition) is 1. The number of nitrogens with one attached hydrogen (secondary N) is 1. The van der Waals surface area contributed by atoms with Gasteiger partial charge < -0.3 is 15.0 Å². The van der Waals surface area contributed by atoms with Crippen molar-refractivity contribution >= 4 is 50.7 Å². The fraction of sp³-hybridized carbons (Fsp3) is 0.481. The highest BCUT2D eigenvalue weighted by Crippen LogP contribution is 2.31. The summed E-state index contributed by atoms with van der Waals surface area (Å²) in [6.07, 6.45) is 1.33. The third-order valence-corrected chi connectivity index (χ3v) is 7.53. The largest absolute Gasteiger partial charge is 0.492 e. The number of ether oxygens (including phenoxy) is 1. The molecule has 2 amide bonds. The number of carbonyl (C=O) groups excluding carboxylic acids is 2. The molecule has 0 unspecified atom stereocenters. The van der Waals surface area contributed by atoms with E-state index in [2.05, 4.69) is 5.32 Å². The van der Waals surface area contributed by atoms with Gasteiger partial charge in [0.05, 0.1) is 18.6 Å². The summed E-state index contributed by atoms with van der Waals surface area (Å²) in [5, 5.41) is 3.67. The van der Waals surface area contributed by atoms with Crippen LogP contribution in [0.5, 0.6) is 5.75 Å². The number of sulfonamides is 1. The summed E-state index contributed by atoms with van der Waals surface area (Å²) in [4.78, 5) is 27.9. The second-order valence-corrected chi connectivity index (χ2v) is 12.7. The quantitative estimate of drug-likeness (QED) is 0.366.